The number of carbonyl (C=O) groups is 1. The topological polar surface area (TPSA) is 86.9 Å². The second-order valence-corrected chi connectivity index (χ2v) is 8.56. The molecule has 1 aliphatic rings. The molecule has 0 aliphatic carbocycles. The number of nitrogens with zero attached hydrogens (tertiary/aromatic N) is 3. The minimum atomic E-state index is -0.0809. The van der Waals surface area contributed by atoms with Gasteiger partial charge in [0, 0.05) is 18.7 Å². The van der Waals surface area contributed by atoms with E-state index in [1.54, 1.807) is 23.5 Å². The lowest BCUT2D eigenvalue weighted by atomic mass is 9.97. The largest absolute Gasteiger partial charge is 0.490 e. The Kier molecular flexibility index (Phi) is 7.49. The van der Waals surface area contributed by atoms with E-state index in [1.807, 2.05) is 43.2 Å². The van der Waals surface area contributed by atoms with Gasteiger partial charge >= 0.3 is 0 Å². The zero-order valence-corrected chi connectivity index (χ0v) is 20.0. The number of carbonyl (C=O) groups excluding carboxylic acids is 1. The van der Waals surface area contributed by atoms with Crippen LogP contribution in [0.4, 0.5) is 0 Å². The predicted octanol–water partition coefficient (Wildman–Crippen LogP) is 5.01. The minimum Gasteiger partial charge on any atom is -0.490 e. The first kappa shape index (κ1) is 23.1. The third kappa shape index (κ3) is 5.13. The summed E-state index contributed by atoms with van der Waals surface area (Å²) < 4.78 is 23.2. The fraction of sp³-hybridized carbons (Fsp3) is 0.458. The quantitative estimate of drug-likeness (QED) is 0.433. The molecule has 0 N–H and O–H groups in total. The highest BCUT2D eigenvalue weighted by molar-refractivity contribution is 7.13. The van der Waals surface area contributed by atoms with Gasteiger partial charge in [0.05, 0.1) is 30.6 Å². The zero-order chi connectivity index (χ0) is 23.2. The second kappa shape index (κ2) is 10.7. The Hall–Kier alpha value is -3.07. The Morgan fingerprint density at radius 3 is 2.48 bits per heavy atom. The number of thiophene rings is 1. The van der Waals surface area contributed by atoms with Crippen LogP contribution in [0.5, 0.6) is 17.2 Å². The van der Waals surface area contributed by atoms with Crippen LogP contribution in [0, 0.1) is 0 Å². The van der Waals surface area contributed by atoms with Crippen molar-refractivity contribution in [2.24, 2.45) is 0 Å². The van der Waals surface area contributed by atoms with Gasteiger partial charge in [-0.2, -0.15) is 0 Å². The summed E-state index contributed by atoms with van der Waals surface area (Å²) in [6, 6.07) is 7.39. The van der Waals surface area contributed by atoms with E-state index in [0.29, 0.717) is 67.5 Å². The van der Waals surface area contributed by atoms with E-state index in [4.69, 9.17) is 18.6 Å². The lowest BCUT2D eigenvalue weighted by molar-refractivity contribution is 0.0697. The third-order valence-corrected chi connectivity index (χ3v) is 6.24. The summed E-state index contributed by atoms with van der Waals surface area (Å²) >= 11 is 1.56. The van der Waals surface area contributed by atoms with Crippen LogP contribution in [0.3, 0.4) is 0 Å². The highest BCUT2D eigenvalue weighted by Crippen LogP contribution is 2.40. The Morgan fingerprint density at radius 1 is 1.12 bits per heavy atom. The molecule has 33 heavy (non-hydrogen) atoms. The molecule has 3 heterocycles. The van der Waals surface area contributed by atoms with Gasteiger partial charge in [0.25, 0.3) is 11.8 Å². The van der Waals surface area contributed by atoms with E-state index in [9.17, 15) is 4.79 Å². The first-order valence-corrected chi connectivity index (χ1v) is 12.3. The van der Waals surface area contributed by atoms with Crippen molar-refractivity contribution < 1.29 is 23.4 Å². The van der Waals surface area contributed by atoms with Crippen molar-refractivity contribution >= 4 is 17.2 Å². The molecular weight excluding hydrogens is 442 g/mol. The molecule has 1 amide bonds. The maximum absolute atomic E-state index is 13.5. The van der Waals surface area contributed by atoms with Gasteiger partial charge in [0.15, 0.2) is 11.5 Å². The molecule has 3 aromatic rings. The van der Waals surface area contributed by atoms with Gasteiger partial charge in [-0.15, -0.1) is 21.5 Å². The van der Waals surface area contributed by atoms with Gasteiger partial charge in [-0.25, -0.2) is 0 Å². The number of piperidine rings is 1. The van der Waals surface area contributed by atoms with Crippen molar-refractivity contribution in [3.05, 3.63) is 41.1 Å². The molecule has 1 saturated heterocycles. The monoisotopic (exact) mass is 471 g/mol. The molecule has 176 valence electrons. The molecule has 9 heteroatoms. The zero-order valence-electron chi connectivity index (χ0n) is 19.2. The SMILES string of the molecule is CCOc1cc(C(=O)N2CCCC(c3nnc(-c4cccs4)o3)C2)cc(OCC)c1OCC. The number of amides is 1. The number of benzene rings is 1. The standard InChI is InChI=1S/C24H29N3O5S/c1-4-29-18-13-17(14-19(30-5-2)21(18)31-6-3)24(28)27-11-7-9-16(15-27)22-25-26-23(32-22)20-10-8-12-33-20/h8,10,12-14,16H,4-7,9,11,15H2,1-3H3. The second-order valence-electron chi connectivity index (χ2n) is 7.61. The van der Waals surface area contributed by atoms with E-state index >= 15 is 0 Å². The maximum atomic E-state index is 13.5. The third-order valence-electron chi connectivity index (χ3n) is 5.39. The van der Waals surface area contributed by atoms with Crippen LogP contribution < -0.4 is 14.2 Å². The van der Waals surface area contributed by atoms with E-state index in [0.717, 1.165) is 17.7 Å². The summed E-state index contributed by atoms with van der Waals surface area (Å²) in [6.45, 7) is 8.27. The van der Waals surface area contributed by atoms with Crippen LogP contribution >= 0.6 is 11.3 Å². The summed E-state index contributed by atoms with van der Waals surface area (Å²) in [6.07, 6.45) is 1.76. The molecule has 8 nitrogen and oxygen atoms in total. The number of ether oxygens (including phenoxy) is 3. The lowest BCUT2D eigenvalue weighted by Crippen LogP contribution is -2.39. The summed E-state index contributed by atoms with van der Waals surface area (Å²) in [7, 11) is 0. The van der Waals surface area contributed by atoms with Gasteiger partial charge < -0.3 is 23.5 Å². The van der Waals surface area contributed by atoms with Crippen molar-refractivity contribution in [3.63, 3.8) is 0 Å². The van der Waals surface area contributed by atoms with Crippen LogP contribution in [0.15, 0.2) is 34.1 Å². The average molecular weight is 472 g/mol. The summed E-state index contributed by atoms with van der Waals surface area (Å²) in [5, 5.41) is 10.4. The summed E-state index contributed by atoms with van der Waals surface area (Å²) in [5.74, 6) is 2.58. The molecule has 2 aromatic heterocycles. The van der Waals surface area contributed by atoms with Crippen molar-refractivity contribution in [2.75, 3.05) is 32.9 Å². The molecule has 1 aliphatic heterocycles. The van der Waals surface area contributed by atoms with Gasteiger partial charge in [-0.3, -0.25) is 4.79 Å². The molecule has 1 unspecified atom stereocenters. The van der Waals surface area contributed by atoms with E-state index in [-0.39, 0.29) is 11.8 Å². The van der Waals surface area contributed by atoms with E-state index in [2.05, 4.69) is 10.2 Å². The van der Waals surface area contributed by atoms with Crippen LogP contribution in [0.1, 0.15) is 55.8 Å². The Balaban J connectivity index is 1.55. The number of rotatable bonds is 9. The van der Waals surface area contributed by atoms with Crippen LogP contribution in [-0.4, -0.2) is 53.9 Å². The maximum Gasteiger partial charge on any atom is 0.257 e. The molecule has 0 spiro atoms. The van der Waals surface area contributed by atoms with Gasteiger partial charge in [-0.05, 0) is 57.2 Å². The molecule has 1 aromatic carbocycles. The molecule has 0 saturated carbocycles. The highest BCUT2D eigenvalue weighted by Gasteiger charge is 2.30. The Labute approximate surface area is 197 Å². The smallest absolute Gasteiger partial charge is 0.257 e. The lowest BCUT2D eigenvalue weighted by Gasteiger charge is -2.31. The fourth-order valence-electron chi connectivity index (χ4n) is 3.96. The average Bonchev–Trinajstić information content (AvgIpc) is 3.53. The highest BCUT2D eigenvalue weighted by atomic mass is 32.1. The molecular formula is C24H29N3O5S. The number of aromatic nitrogens is 2. The van der Waals surface area contributed by atoms with Gasteiger partial charge in [0.2, 0.25) is 11.6 Å². The fourth-order valence-corrected chi connectivity index (χ4v) is 4.60. The molecule has 1 atom stereocenters. The molecule has 0 radical (unpaired) electrons. The summed E-state index contributed by atoms with van der Waals surface area (Å²) in [4.78, 5) is 16.2. The van der Waals surface area contributed by atoms with Crippen molar-refractivity contribution in [2.45, 2.75) is 39.5 Å². The minimum absolute atomic E-state index is 0.00401. The first-order valence-electron chi connectivity index (χ1n) is 11.4. The normalized spacial score (nSPS) is 16.0. The first-order chi connectivity index (χ1) is 16.1. The Bertz CT molecular complexity index is 1040. The van der Waals surface area contributed by atoms with E-state index < -0.39 is 0 Å². The van der Waals surface area contributed by atoms with Crippen LogP contribution in [0.2, 0.25) is 0 Å². The predicted molar refractivity (Wildman–Crippen MR) is 125 cm³/mol. The molecule has 4 rings (SSSR count). The van der Waals surface area contributed by atoms with Crippen molar-refractivity contribution in [1.82, 2.24) is 15.1 Å². The Morgan fingerprint density at radius 2 is 1.85 bits per heavy atom. The van der Waals surface area contributed by atoms with Gasteiger partial charge in [0.1, 0.15) is 0 Å². The van der Waals surface area contributed by atoms with Crippen LogP contribution in [-0.2, 0) is 0 Å². The van der Waals surface area contributed by atoms with Crippen molar-refractivity contribution in [1.29, 1.82) is 0 Å². The van der Waals surface area contributed by atoms with Gasteiger partial charge in [-0.1, -0.05) is 6.07 Å². The van der Waals surface area contributed by atoms with Crippen molar-refractivity contribution in [3.8, 4) is 28.0 Å². The van der Waals surface area contributed by atoms with E-state index in [1.165, 1.54) is 0 Å². The number of likely N-dealkylation sites (tertiary alicyclic amines) is 1. The van der Waals surface area contributed by atoms with Crippen LogP contribution in [0.25, 0.3) is 10.8 Å². The molecule has 0 bridgehead atoms. The number of hydrogen-bond acceptors (Lipinski definition) is 8. The summed E-state index contributed by atoms with van der Waals surface area (Å²) in [5.41, 5.74) is 0.510. The number of hydrogen-bond donors (Lipinski definition) is 0. The molecule has 1 fully saturated rings.